The molecule has 0 radical (unpaired) electrons. The van der Waals surface area contributed by atoms with E-state index in [0.717, 1.165) is 42.2 Å². The number of anilines is 1. The van der Waals surface area contributed by atoms with Gasteiger partial charge in [-0.15, -0.1) is 11.3 Å². The van der Waals surface area contributed by atoms with Crippen LogP contribution in [0.3, 0.4) is 0 Å². The number of nitrogens with zero attached hydrogens (tertiary/aromatic N) is 2. The van der Waals surface area contributed by atoms with Crippen molar-refractivity contribution in [2.75, 3.05) is 11.4 Å². The number of carboxylic acids is 1. The van der Waals surface area contributed by atoms with Crippen LogP contribution in [0.5, 0.6) is 0 Å². The number of carbonyl (C=O) groups is 1. The molecule has 118 valence electrons. The van der Waals surface area contributed by atoms with Gasteiger partial charge in [-0.2, -0.15) is 0 Å². The van der Waals surface area contributed by atoms with E-state index in [1.807, 2.05) is 18.2 Å². The minimum Gasteiger partial charge on any atom is -0.477 e. The standard InChI is InChI=1S/C17H22N2O2S/c1-3-5-11-14-16(17(20)21)22-15(18-14)12-19(4-2)13-9-7-6-8-10-13/h6-10H,3-5,11-12H2,1-2H3,(H,20,21). The van der Waals surface area contributed by atoms with Crippen molar-refractivity contribution in [2.45, 2.75) is 39.7 Å². The number of carboxylic acid groups (broad SMARTS) is 1. The second-order valence-corrected chi connectivity index (χ2v) is 6.23. The summed E-state index contributed by atoms with van der Waals surface area (Å²) in [5.41, 5.74) is 1.87. The van der Waals surface area contributed by atoms with E-state index in [0.29, 0.717) is 11.4 Å². The van der Waals surface area contributed by atoms with E-state index < -0.39 is 5.97 Å². The molecule has 0 bridgehead atoms. The molecule has 0 unspecified atom stereocenters. The van der Waals surface area contributed by atoms with Crippen LogP contribution in [-0.2, 0) is 13.0 Å². The van der Waals surface area contributed by atoms with E-state index in [4.69, 9.17) is 0 Å². The predicted molar refractivity (Wildman–Crippen MR) is 90.9 cm³/mol. The van der Waals surface area contributed by atoms with E-state index in [9.17, 15) is 9.90 Å². The molecular formula is C17H22N2O2S. The fourth-order valence-corrected chi connectivity index (χ4v) is 3.30. The molecular weight excluding hydrogens is 296 g/mol. The maximum Gasteiger partial charge on any atom is 0.347 e. The molecule has 1 heterocycles. The summed E-state index contributed by atoms with van der Waals surface area (Å²) in [6.07, 6.45) is 2.75. The first-order valence-electron chi connectivity index (χ1n) is 7.67. The SMILES string of the molecule is CCCCc1nc(CN(CC)c2ccccc2)sc1C(=O)O. The number of rotatable bonds is 8. The fourth-order valence-electron chi connectivity index (χ4n) is 2.34. The maximum absolute atomic E-state index is 11.4. The summed E-state index contributed by atoms with van der Waals surface area (Å²) in [6.45, 7) is 5.70. The normalized spacial score (nSPS) is 10.6. The molecule has 0 atom stereocenters. The van der Waals surface area contributed by atoms with Gasteiger partial charge >= 0.3 is 5.97 Å². The van der Waals surface area contributed by atoms with Crippen LogP contribution < -0.4 is 4.90 Å². The Balaban J connectivity index is 2.19. The molecule has 0 saturated heterocycles. The molecule has 0 aliphatic carbocycles. The third-order valence-electron chi connectivity index (χ3n) is 3.53. The molecule has 5 heteroatoms. The Labute approximate surface area is 135 Å². The summed E-state index contributed by atoms with van der Waals surface area (Å²) >= 11 is 1.30. The monoisotopic (exact) mass is 318 g/mol. The van der Waals surface area contributed by atoms with E-state index in [-0.39, 0.29) is 0 Å². The van der Waals surface area contributed by atoms with Crippen LogP contribution >= 0.6 is 11.3 Å². The molecule has 0 spiro atoms. The average molecular weight is 318 g/mol. The summed E-state index contributed by atoms with van der Waals surface area (Å²) in [6, 6.07) is 10.1. The highest BCUT2D eigenvalue weighted by atomic mass is 32.1. The van der Waals surface area contributed by atoms with Crippen LogP contribution in [0.2, 0.25) is 0 Å². The number of thiazole rings is 1. The van der Waals surface area contributed by atoms with Crippen molar-refractivity contribution in [2.24, 2.45) is 0 Å². The average Bonchev–Trinajstić information content (AvgIpc) is 2.94. The van der Waals surface area contributed by atoms with Gasteiger partial charge in [0.25, 0.3) is 0 Å². The number of aromatic nitrogens is 1. The second-order valence-electron chi connectivity index (χ2n) is 5.14. The molecule has 0 aliphatic rings. The molecule has 2 aromatic rings. The van der Waals surface area contributed by atoms with Crippen molar-refractivity contribution in [1.82, 2.24) is 4.98 Å². The summed E-state index contributed by atoms with van der Waals surface area (Å²) in [5.74, 6) is -0.863. The minimum atomic E-state index is -0.863. The summed E-state index contributed by atoms with van der Waals surface area (Å²) < 4.78 is 0. The summed E-state index contributed by atoms with van der Waals surface area (Å²) in [4.78, 5) is 18.6. The first-order chi connectivity index (χ1) is 10.7. The zero-order chi connectivity index (χ0) is 15.9. The topological polar surface area (TPSA) is 53.4 Å². The van der Waals surface area contributed by atoms with Crippen LogP contribution in [0, 0.1) is 0 Å². The molecule has 0 amide bonds. The third kappa shape index (κ3) is 4.07. The van der Waals surface area contributed by atoms with E-state index >= 15 is 0 Å². The lowest BCUT2D eigenvalue weighted by atomic mass is 10.2. The predicted octanol–water partition coefficient (Wildman–Crippen LogP) is 4.21. The number of aromatic carboxylic acids is 1. The zero-order valence-electron chi connectivity index (χ0n) is 13.1. The molecule has 22 heavy (non-hydrogen) atoms. The Morgan fingerprint density at radius 2 is 2.00 bits per heavy atom. The summed E-state index contributed by atoms with van der Waals surface area (Å²) in [7, 11) is 0. The van der Waals surface area contributed by atoms with E-state index in [1.165, 1.54) is 11.3 Å². The van der Waals surface area contributed by atoms with Gasteiger partial charge in [0.15, 0.2) is 0 Å². The Morgan fingerprint density at radius 3 is 2.59 bits per heavy atom. The lowest BCUT2D eigenvalue weighted by Gasteiger charge is -2.21. The Hall–Kier alpha value is -1.88. The summed E-state index contributed by atoms with van der Waals surface area (Å²) in [5, 5.41) is 10.2. The van der Waals surface area contributed by atoms with Crippen molar-refractivity contribution < 1.29 is 9.90 Å². The molecule has 1 aromatic carbocycles. The van der Waals surface area contributed by atoms with Gasteiger partial charge in [-0.05, 0) is 31.9 Å². The highest BCUT2D eigenvalue weighted by molar-refractivity contribution is 7.13. The molecule has 1 aromatic heterocycles. The number of para-hydroxylation sites is 1. The van der Waals surface area contributed by atoms with Crippen molar-refractivity contribution in [1.29, 1.82) is 0 Å². The molecule has 2 rings (SSSR count). The van der Waals surface area contributed by atoms with Gasteiger partial charge < -0.3 is 10.0 Å². The van der Waals surface area contributed by atoms with Crippen molar-refractivity contribution in [3.63, 3.8) is 0 Å². The van der Waals surface area contributed by atoms with E-state index in [2.05, 4.69) is 35.9 Å². The highest BCUT2D eigenvalue weighted by Gasteiger charge is 2.18. The fraction of sp³-hybridized carbons (Fsp3) is 0.412. The van der Waals surface area contributed by atoms with Crippen LogP contribution in [-0.4, -0.2) is 22.6 Å². The molecule has 0 fully saturated rings. The first kappa shape index (κ1) is 16.5. The molecule has 4 nitrogen and oxygen atoms in total. The number of unbranched alkanes of at least 4 members (excludes halogenated alkanes) is 1. The van der Waals surface area contributed by atoms with Gasteiger partial charge in [-0.3, -0.25) is 0 Å². The highest BCUT2D eigenvalue weighted by Crippen LogP contribution is 2.24. The smallest absolute Gasteiger partial charge is 0.347 e. The van der Waals surface area contributed by atoms with Crippen LogP contribution in [0.15, 0.2) is 30.3 Å². The number of hydrogen-bond acceptors (Lipinski definition) is 4. The molecule has 1 N–H and O–H groups in total. The quantitative estimate of drug-likeness (QED) is 0.792. The Morgan fingerprint density at radius 1 is 1.27 bits per heavy atom. The Kier molecular flexibility index (Phi) is 5.95. The molecule has 0 saturated carbocycles. The van der Waals surface area contributed by atoms with Gasteiger partial charge in [0.2, 0.25) is 0 Å². The van der Waals surface area contributed by atoms with Crippen LogP contribution in [0.4, 0.5) is 5.69 Å². The van der Waals surface area contributed by atoms with Crippen LogP contribution in [0.1, 0.15) is 47.1 Å². The van der Waals surface area contributed by atoms with Gasteiger partial charge in [-0.25, -0.2) is 9.78 Å². The maximum atomic E-state index is 11.4. The minimum absolute atomic E-state index is 0.396. The van der Waals surface area contributed by atoms with Gasteiger partial charge in [0, 0.05) is 12.2 Å². The Bertz CT molecular complexity index is 610. The van der Waals surface area contributed by atoms with Gasteiger partial charge in [0.05, 0.1) is 12.2 Å². The van der Waals surface area contributed by atoms with Crippen molar-refractivity contribution in [3.05, 3.63) is 45.9 Å². The second kappa shape index (κ2) is 7.94. The van der Waals surface area contributed by atoms with Crippen molar-refractivity contribution in [3.8, 4) is 0 Å². The first-order valence-corrected chi connectivity index (χ1v) is 8.49. The molecule has 0 aliphatic heterocycles. The van der Waals surface area contributed by atoms with Gasteiger partial charge in [-0.1, -0.05) is 31.5 Å². The van der Waals surface area contributed by atoms with Gasteiger partial charge in [0.1, 0.15) is 9.88 Å². The lowest BCUT2D eigenvalue weighted by molar-refractivity contribution is 0.0700. The lowest BCUT2D eigenvalue weighted by Crippen LogP contribution is -2.21. The zero-order valence-corrected chi connectivity index (χ0v) is 13.9. The largest absolute Gasteiger partial charge is 0.477 e. The number of hydrogen-bond donors (Lipinski definition) is 1. The van der Waals surface area contributed by atoms with E-state index in [1.54, 1.807) is 0 Å². The van der Waals surface area contributed by atoms with Crippen LogP contribution in [0.25, 0.3) is 0 Å². The van der Waals surface area contributed by atoms with Crippen molar-refractivity contribution >= 4 is 23.0 Å². The number of benzene rings is 1. The number of aryl methyl sites for hydroxylation is 1. The third-order valence-corrected chi connectivity index (χ3v) is 4.60.